The number of nitrogens with one attached hydrogen (secondary N) is 1. The number of benzene rings is 2. The van der Waals surface area contributed by atoms with Gasteiger partial charge in [0.2, 0.25) is 5.69 Å². The van der Waals surface area contributed by atoms with Crippen LogP contribution in [0.1, 0.15) is 27.2 Å². The van der Waals surface area contributed by atoms with Crippen LogP contribution >= 0.6 is 15.9 Å². The van der Waals surface area contributed by atoms with Gasteiger partial charge in [-0.05, 0) is 30.2 Å². The summed E-state index contributed by atoms with van der Waals surface area (Å²) in [5.74, 6) is -0.747. The molecule has 1 heterocycles. The van der Waals surface area contributed by atoms with Crippen LogP contribution in [0.2, 0.25) is 0 Å². The Balaban J connectivity index is 1.76. The Hall–Kier alpha value is -3.33. The molecule has 8 nitrogen and oxygen atoms in total. The first kappa shape index (κ1) is 19.4. The standard InChI is InChI=1S/C19H16BrN5O3/c1-13-5-7-14(8-6-13)10-21-22-19(26)18-17(25(27)28)12-24(23-18)11-15-3-2-4-16(20)9-15/h2-10,12H,11H2,1H3,(H,22,26). The number of aryl methyl sites for hydroxylation is 1. The minimum atomic E-state index is -0.747. The molecule has 0 fully saturated rings. The summed E-state index contributed by atoms with van der Waals surface area (Å²) in [6, 6.07) is 15.0. The van der Waals surface area contributed by atoms with Gasteiger partial charge in [0.05, 0.1) is 17.7 Å². The van der Waals surface area contributed by atoms with Gasteiger partial charge in [-0.1, -0.05) is 57.9 Å². The molecule has 3 aromatic rings. The number of rotatable bonds is 6. The van der Waals surface area contributed by atoms with Crippen LogP contribution in [-0.2, 0) is 6.54 Å². The summed E-state index contributed by atoms with van der Waals surface area (Å²) in [5.41, 5.74) is 4.40. The lowest BCUT2D eigenvalue weighted by Gasteiger charge is -2.01. The third-order valence-corrected chi connectivity index (χ3v) is 4.34. The number of hydrogen-bond donors (Lipinski definition) is 1. The van der Waals surface area contributed by atoms with Gasteiger partial charge in [-0.3, -0.25) is 19.6 Å². The average Bonchev–Trinajstić information content (AvgIpc) is 3.07. The first-order valence-corrected chi connectivity index (χ1v) is 9.08. The van der Waals surface area contributed by atoms with Crippen molar-refractivity contribution in [3.63, 3.8) is 0 Å². The molecule has 1 amide bonds. The molecule has 0 spiro atoms. The smallest absolute Gasteiger partial charge is 0.265 e. The largest absolute Gasteiger partial charge is 0.320 e. The summed E-state index contributed by atoms with van der Waals surface area (Å²) < 4.78 is 2.24. The van der Waals surface area contributed by atoms with E-state index in [-0.39, 0.29) is 11.4 Å². The number of nitrogens with zero attached hydrogens (tertiary/aromatic N) is 4. The van der Waals surface area contributed by atoms with Gasteiger partial charge < -0.3 is 0 Å². The van der Waals surface area contributed by atoms with Crippen LogP contribution < -0.4 is 5.43 Å². The van der Waals surface area contributed by atoms with Crippen LogP contribution in [0.5, 0.6) is 0 Å². The zero-order chi connectivity index (χ0) is 20.1. The minimum Gasteiger partial charge on any atom is -0.265 e. The summed E-state index contributed by atoms with van der Waals surface area (Å²) in [4.78, 5) is 23.0. The van der Waals surface area contributed by atoms with E-state index < -0.39 is 10.8 Å². The molecule has 0 saturated carbocycles. The number of carbonyl (C=O) groups is 1. The van der Waals surface area contributed by atoms with Crippen molar-refractivity contribution in [3.8, 4) is 0 Å². The Kier molecular flexibility index (Phi) is 5.95. The molecule has 0 radical (unpaired) electrons. The summed E-state index contributed by atoms with van der Waals surface area (Å²) in [7, 11) is 0. The Morgan fingerprint density at radius 2 is 2.07 bits per heavy atom. The highest BCUT2D eigenvalue weighted by Gasteiger charge is 2.25. The fraction of sp³-hybridized carbons (Fsp3) is 0.105. The van der Waals surface area contributed by atoms with E-state index in [1.165, 1.54) is 17.1 Å². The first-order chi connectivity index (χ1) is 13.4. The van der Waals surface area contributed by atoms with Crippen molar-refractivity contribution in [2.75, 3.05) is 0 Å². The second-order valence-corrected chi connectivity index (χ2v) is 6.97. The van der Waals surface area contributed by atoms with Crippen LogP contribution in [0.25, 0.3) is 0 Å². The van der Waals surface area contributed by atoms with Crippen molar-refractivity contribution >= 4 is 33.7 Å². The summed E-state index contributed by atoms with van der Waals surface area (Å²) >= 11 is 3.38. The first-order valence-electron chi connectivity index (χ1n) is 8.29. The van der Waals surface area contributed by atoms with Gasteiger partial charge in [-0.15, -0.1) is 0 Å². The number of hydrazone groups is 1. The molecule has 142 valence electrons. The fourth-order valence-corrected chi connectivity index (χ4v) is 2.93. The third-order valence-electron chi connectivity index (χ3n) is 3.84. The lowest BCUT2D eigenvalue weighted by molar-refractivity contribution is -0.385. The van der Waals surface area contributed by atoms with Gasteiger partial charge >= 0.3 is 5.69 Å². The van der Waals surface area contributed by atoms with Crippen molar-refractivity contribution in [2.24, 2.45) is 5.10 Å². The van der Waals surface area contributed by atoms with Crippen molar-refractivity contribution < 1.29 is 9.72 Å². The monoisotopic (exact) mass is 441 g/mol. The average molecular weight is 442 g/mol. The molecule has 0 unspecified atom stereocenters. The van der Waals surface area contributed by atoms with E-state index in [1.807, 2.05) is 55.5 Å². The van der Waals surface area contributed by atoms with E-state index >= 15 is 0 Å². The number of hydrogen-bond acceptors (Lipinski definition) is 5. The molecular weight excluding hydrogens is 426 g/mol. The molecule has 0 atom stereocenters. The van der Waals surface area contributed by atoms with E-state index in [0.29, 0.717) is 6.54 Å². The fourth-order valence-electron chi connectivity index (χ4n) is 2.48. The van der Waals surface area contributed by atoms with Gasteiger partial charge in [0, 0.05) is 4.47 Å². The quantitative estimate of drug-likeness (QED) is 0.358. The molecular formula is C19H16BrN5O3. The number of carbonyl (C=O) groups excluding carboxylic acids is 1. The summed E-state index contributed by atoms with van der Waals surface area (Å²) in [6.45, 7) is 2.26. The van der Waals surface area contributed by atoms with E-state index in [4.69, 9.17) is 0 Å². The van der Waals surface area contributed by atoms with Crippen molar-refractivity contribution in [1.82, 2.24) is 15.2 Å². The molecule has 2 aromatic carbocycles. The second-order valence-electron chi connectivity index (χ2n) is 6.06. The molecule has 0 aliphatic heterocycles. The number of halogens is 1. The van der Waals surface area contributed by atoms with E-state index in [0.717, 1.165) is 21.2 Å². The molecule has 1 aromatic heterocycles. The topological polar surface area (TPSA) is 102 Å². The number of nitro groups is 1. The van der Waals surface area contributed by atoms with E-state index in [2.05, 4.69) is 31.6 Å². The maximum Gasteiger partial charge on any atom is 0.320 e. The highest BCUT2D eigenvalue weighted by Crippen LogP contribution is 2.19. The molecule has 0 saturated heterocycles. The summed E-state index contributed by atoms with van der Waals surface area (Å²) in [5, 5.41) is 19.2. The molecule has 0 aliphatic rings. The Labute approximate surface area is 169 Å². The van der Waals surface area contributed by atoms with Crippen LogP contribution in [0.15, 0.2) is 64.3 Å². The highest BCUT2D eigenvalue weighted by molar-refractivity contribution is 9.10. The van der Waals surface area contributed by atoms with Crippen molar-refractivity contribution in [2.45, 2.75) is 13.5 Å². The normalized spacial score (nSPS) is 10.9. The van der Waals surface area contributed by atoms with E-state index in [9.17, 15) is 14.9 Å². The third kappa shape index (κ3) is 4.89. The van der Waals surface area contributed by atoms with Crippen molar-refractivity contribution in [1.29, 1.82) is 0 Å². The SMILES string of the molecule is Cc1ccc(C=NNC(=O)c2nn(Cc3cccc(Br)c3)cc2[N+](=O)[O-])cc1. The minimum absolute atomic E-state index is 0.291. The van der Waals surface area contributed by atoms with Crippen molar-refractivity contribution in [3.05, 3.63) is 91.7 Å². The van der Waals surface area contributed by atoms with Gasteiger partial charge in [0.1, 0.15) is 6.20 Å². The maximum atomic E-state index is 12.3. The number of aromatic nitrogens is 2. The zero-order valence-electron chi connectivity index (χ0n) is 14.9. The Morgan fingerprint density at radius 3 is 2.75 bits per heavy atom. The van der Waals surface area contributed by atoms with Crippen LogP contribution in [0, 0.1) is 17.0 Å². The molecule has 9 heteroatoms. The summed E-state index contributed by atoms with van der Waals surface area (Å²) in [6.07, 6.45) is 2.70. The molecule has 3 rings (SSSR count). The van der Waals surface area contributed by atoms with Gasteiger partial charge in [0.25, 0.3) is 5.91 Å². The lowest BCUT2D eigenvalue weighted by Crippen LogP contribution is -2.19. The highest BCUT2D eigenvalue weighted by atomic mass is 79.9. The van der Waals surface area contributed by atoms with Crippen LogP contribution in [0.4, 0.5) is 5.69 Å². The zero-order valence-corrected chi connectivity index (χ0v) is 16.5. The molecule has 28 heavy (non-hydrogen) atoms. The molecule has 0 aliphatic carbocycles. The predicted octanol–water partition coefficient (Wildman–Crippen LogP) is 3.67. The lowest BCUT2D eigenvalue weighted by atomic mass is 10.2. The molecule has 0 bridgehead atoms. The van der Waals surface area contributed by atoms with Crippen LogP contribution in [0.3, 0.4) is 0 Å². The predicted molar refractivity (Wildman–Crippen MR) is 108 cm³/mol. The molecule has 1 N–H and O–H groups in total. The van der Waals surface area contributed by atoms with Gasteiger partial charge in [-0.25, -0.2) is 5.43 Å². The van der Waals surface area contributed by atoms with Gasteiger partial charge in [-0.2, -0.15) is 10.2 Å². The Morgan fingerprint density at radius 1 is 1.32 bits per heavy atom. The van der Waals surface area contributed by atoms with Gasteiger partial charge in [0.15, 0.2) is 0 Å². The maximum absolute atomic E-state index is 12.3. The number of amides is 1. The van der Waals surface area contributed by atoms with Crippen LogP contribution in [-0.4, -0.2) is 26.8 Å². The Bertz CT molecular complexity index is 1040. The van der Waals surface area contributed by atoms with E-state index in [1.54, 1.807) is 0 Å². The second kappa shape index (κ2) is 8.57.